The van der Waals surface area contributed by atoms with Crippen molar-refractivity contribution in [1.29, 1.82) is 0 Å². The van der Waals surface area contributed by atoms with E-state index in [-0.39, 0.29) is 23.0 Å². The van der Waals surface area contributed by atoms with Gasteiger partial charge in [-0.15, -0.1) is 0 Å². The molecule has 4 heteroatoms. The Hall–Kier alpha value is -2.26. The number of halogens is 2. The third-order valence-electron chi connectivity index (χ3n) is 3.76. The number of rotatable bonds is 1. The van der Waals surface area contributed by atoms with Crippen LogP contribution in [0.2, 0.25) is 5.02 Å². The van der Waals surface area contributed by atoms with Crippen molar-refractivity contribution in [3.05, 3.63) is 64.1 Å². The van der Waals surface area contributed by atoms with E-state index in [9.17, 15) is 14.6 Å². The third kappa shape index (κ3) is 2.60. The molecule has 1 aliphatic carbocycles. The van der Waals surface area contributed by atoms with Crippen LogP contribution in [-0.4, -0.2) is 10.2 Å². The summed E-state index contributed by atoms with van der Waals surface area (Å²) >= 11 is 5.76. The van der Waals surface area contributed by atoms with E-state index >= 15 is 0 Å². The summed E-state index contributed by atoms with van der Waals surface area (Å²) in [6, 6.07) is 7.53. The van der Waals surface area contributed by atoms with Gasteiger partial charge in [0.15, 0.2) is 0 Å². The summed E-state index contributed by atoms with van der Waals surface area (Å²) in [5.74, 6) is -0.408. The van der Waals surface area contributed by atoms with Crippen molar-refractivity contribution in [2.75, 3.05) is 0 Å². The number of phenolic OH excluding ortho intramolecular Hbond substituents is 1. The molecule has 22 heavy (non-hydrogen) atoms. The molecule has 2 N–H and O–H groups in total. The van der Waals surface area contributed by atoms with Gasteiger partial charge < -0.3 is 10.2 Å². The van der Waals surface area contributed by atoms with Crippen LogP contribution in [-0.2, 0) is 0 Å². The molecule has 3 rings (SSSR count). The maximum atomic E-state index is 14.1. The highest BCUT2D eigenvalue weighted by molar-refractivity contribution is 6.30. The topological polar surface area (TPSA) is 40.5 Å². The molecule has 0 fully saturated rings. The van der Waals surface area contributed by atoms with Gasteiger partial charge in [0, 0.05) is 22.1 Å². The molecule has 0 radical (unpaired) electrons. The van der Waals surface area contributed by atoms with Crippen molar-refractivity contribution in [1.82, 2.24) is 0 Å². The van der Waals surface area contributed by atoms with E-state index < -0.39 is 5.82 Å². The van der Waals surface area contributed by atoms with E-state index in [2.05, 4.69) is 0 Å². The Morgan fingerprint density at radius 2 is 1.82 bits per heavy atom. The first kappa shape index (κ1) is 14.7. The van der Waals surface area contributed by atoms with Crippen LogP contribution in [0, 0.1) is 11.7 Å². The molecule has 0 saturated carbocycles. The lowest BCUT2D eigenvalue weighted by molar-refractivity contribution is 0.372. The summed E-state index contributed by atoms with van der Waals surface area (Å²) in [7, 11) is 0. The summed E-state index contributed by atoms with van der Waals surface area (Å²) in [4.78, 5) is 0. The Morgan fingerprint density at radius 3 is 2.55 bits per heavy atom. The monoisotopic (exact) mass is 316 g/mol. The fourth-order valence-corrected chi connectivity index (χ4v) is 2.61. The zero-order chi connectivity index (χ0) is 15.9. The molecule has 0 bridgehead atoms. The number of aromatic hydroxyl groups is 1. The maximum absolute atomic E-state index is 14.1. The first-order chi connectivity index (χ1) is 10.5. The number of hydrogen-bond donors (Lipinski definition) is 2. The Balaban J connectivity index is 2.20. The quantitative estimate of drug-likeness (QED) is 0.738. The third-order valence-corrected chi connectivity index (χ3v) is 3.99. The van der Waals surface area contributed by atoms with Gasteiger partial charge in [0.05, 0.1) is 5.76 Å². The normalized spacial score (nSPS) is 16.9. The highest BCUT2D eigenvalue weighted by atomic mass is 35.5. The van der Waals surface area contributed by atoms with Gasteiger partial charge >= 0.3 is 0 Å². The minimum atomic E-state index is -0.506. The Bertz CT molecular complexity index is 809. The van der Waals surface area contributed by atoms with Crippen LogP contribution in [0.3, 0.4) is 0 Å². The van der Waals surface area contributed by atoms with Crippen molar-refractivity contribution in [3.63, 3.8) is 0 Å². The highest BCUT2D eigenvalue weighted by Crippen LogP contribution is 2.37. The maximum Gasteiger partial charge on any atom is 0.132 e. The Morgan fingerprint density at radius 1 is 1.05 bits per heavy atom. The lowest BCUT2D eigenvalue weighted by Gasteiger charge is -2.10. The summed E-state index contributed by atoms with van der Waals surface area (Å²) in [6.07, 6.45) is 5.32. The molecule has 112 valence electrons. The molecule has 2 aromatic rings. The SMILES string of the molecule is CC1C=Cc2cc(O)c(-c3ccc(Cl)cc3F)cc2C=C1O. The van der Waals surface area contributed by atoms with Crippen molar-refractivity contribution in [2.45, 2.75) is 6.92 Å². The number of fused-ring (bicyclic) bond motifs is 1. The van der Waals surface area contributed by atoms with Crippen molar-refractivity contribution < 1.29 is 14.6 Å². The number of allylic oxidation sites excluding steroid dienone is 1. The second-order valence-electron chi connectivity index (χ2n) is 5.34. The van der Waals surface area contributed by atoms with Gasteiger partial charge in [0.2, 0.25) is 0 Å². The smallest absolute Gasteiger partial charge is 0.132 e. The van der Waals surface area contributed by atoms with Gasteiger partial charge in [-0.3, -0.25) is 0 Å². The van der Waals surface area contributed by atoms with Gasteiger partial charge in [-0.25, -0.2) is 4.39 Å². The molecule has 0 aromatic heterocycles. The number of phenols is 1. The number of aliphatic hydroxyl groups excluding tert-OH is 1. The first-order valence-electron chi connectivity index (χ1n) is 6.87. The van der Waals surface area contributed by atoms with Crippen LogP contribution in [0.4, 0.5) is 4.39 Å². The van der Waals surface area contributed by atoms with Crippen molar-refractivity contribution >= 4 is 23.8 Å². The van der Waals surface area contributed by atoms with Crippen LogP contribution in [0.5, 0.6) is 5.75 Å². The average molecular weight is 317 g/mol. The molecule has 1 atom stereocenters. The molecule has 0 aliphatic heterocycles. The van der Waals surface area contributed by atoms with E-state index in [1.807, 2.05) is 19.1 Å². The first-order valence-corrected chi connectivity index (χ1v) is 7.24. The molecule has 1 unspecified atom stereocenters. The zero-order valence-electron chi connectivity index (χ0n) is 11.8. The van der Waals surface area contributed by atoms with Crippen LogP contribution in [0.25, 0.3) is 23.3 Å². The van der Waals surface area contributed by atoms with Gasteiger partial charge in [-0.2, -0.15) is 0 Å². The Kier molecular flexibility index (Phi) is 3.67. The largest absolute Gasteiger partial charge is 0.512 e. The second-order valence-corrected chi connectivity index (χ2v) is 5.78. The standard InChI is InChI=1S/C18H14ClFO2/c1-10-2-3-11-7-18(22)15(6-12(11)8-17(10)21)14-5-4-13(19)9-16(14)20/h2-10,21-22H,1H3. The van der Waals surface area contributed by atoms with Gasteiger partial charge in [-0.05, 0) is 47.5 Å². The number of hydrogen-bond acceptors (Lipinski definition) is 2. The summed E-state index contributed by atoms with van der Waals surface area (Å²) in [5.41, 5.74) is 2.12. The zero-order valence-corrected chi connectivity index (χ0v) is 12.6. The Labute approximate surface area is 132 Å². The van der Waals surface area contributed by atoms with Crippen LogP contribution < -0.4 is 0 Å². The second kappa shape index (κ2) is 5.50. The number of benzene rings is 2. The molecule has 2 nitrogen and oxygen atoms in total. The van der Waals surface area contributed by atoms with Gasteiger partial charge in [0.25, 0.3) is 0 Å². The lowest BCUT2D eigenvalue weighted by Crippen LogP contribution is -1.92. The van der Waals surface area contributed by atoms with E-state index in [0.29, 0.717) is 10.6 Å². The molecule has 0 saturated heterocycles. The summed E-state index contributed by atoms with van der Waals surface area (Å²) < 4.78 is 14.1. The molecule has 1 aliphatic rings. The van der Waals surface area contributed by atoms with Gasteiger partial charge in [0.1, 0.15) is 11.6 Å². The van der Waals surface area contributed by atoms with E-state index in [4.69, 9.17) is 11.6 Å². The molecule has 0 spiro atoms. The van der Waals surface area contributed by atoms with Crippen LogP contribution >= 0.6 is 11.6 Å². The minimum absolute atomic E-state index is 0.0212. The van der Waals surface area contributed by atoms with E-state index in [0.717, 1.165) is 11.1 Å². The van der Waals surface area contributed by atoms with Gasteiger partial charge in [-0.1, -0.05) is 30.7 Å². The lowest BCUT2D eigenvalue weighted by atomic mass is 9.97. The minimum Gasteiger partial charge on any atom is -0.512 e. The summed E-state index contributed by atoms with van der Waals surface area (Å²) in [5, 5.41) is 20.5. The fraction of sp³-hybridized carbons (Fsp3) is 0.111. The molecule has 0 amide bonds. The summed E-state index contributed by atoms with van der Waals surface area (Å²) in [6.45, 7) is 1.87. The van der Waals surface area contributed by atoms with Crippen LogP contribution in [0.1, 0.15) is 18.1 Å². The fourth-order valence-electron chi connectivity index (χ4n) is 2.45. The number of aliphatic hydroxyl groups is 1. The average Bonchev–Trinajstić information content (AvgIpc) is 2.59. The van der Waals surface area contributed by atoms with Crippen molar-refractivity contribution in [2.24, 2.45) is 5.92 Å². The molecular formula is C18H14ClFO2. The van der Waals surface area contributed by atoms with Crippen LogP contribution in [0.15, 0.2) is 42.2 Å². The predicted molar refractivity (Wildman–Crippen MR) is 87.3 cm³/mol. The highest BCUT2D eigenvalue weighted by Gasteiger charge is 2.16. The van der Waals surface area contributed by atoms with E-state index in [1.165, 1.54) is 12.1 Å². The van der Waals surface area contributed by atoms with E-state index in [1.54, 1.807) is 24.3 Å². The molecule has 0 heterocycles. The molecule has 2 aromatic carbocycles. The van der Waals surface area contributed by atoms with Crippen molar-refractivity contribution in [3.8, 4) is 16.9 Å². The predicted octanol–water partition coefficient (Wildman–Crippen LogP) is 5.41. The molecular weight excluding hydrogens is 303 g/mol.